The highest BCUT2D eigenvalue weighted by Crippen LogP contribution is 2.46. The molecule has 1 heterocycles. The number of carbonyl (C=O) groups excluding carboxylic acids is 1. The van der Waals surface area contributed by atoms with Crippen molar-refractivity contribution in [1.82, 2.24) is 0 Å². The minimum absolute atomic E-state index is 0.188. The first-order valence-corrected chi connectivity index (χ1v) is 9.36. The fraction of sp³-hybridized carbons (Fsp3) is 0.435. The quantitative estimate of drug-likeness (QED) is 0.701. The number of rotatable bonds is 6. The Morgan fingerprint density at radius 1 is 1.15 bits per heavy atom. The van der Waals surface area contributed by atoms with E-state index in [0.29, 0.717) is 6.42 Å². The Kier molecular flexibility index (Phi) is 5.08. The molecule has 0 atom stereocenters. The standard InChI is InChI=1S/C23H29NO2/c1-16-19(12-9-13-25)22-20(14-23(3,4)26-22)17(2)21(16)24(5)15-18-10-7-6-8-11-18/h6-8,10-11,13H,9,12,14-15H2,1-5H3. The van der Waals surface area contributed by atoms with Crippen molar-refractivity contribution >= 4 is 12.0 Å². The maximum Gasteiger partial charge on any atom is 0.127 e. The molecule has 2 aromatic rings. The highest BCUT2D eigenvalue weighted by atomic mass is 16.5. The molecule has 3 rings (SSSR count). The van der Waals surface area contributed by atoms with Crippen LogP contribution in [0.4, 0.5) is 5.69 Å². The molecule has 0 bridgehead atoms. The predicted molar refractivity (Wildman–Crippen MR) is 107 cm³/mol. The normalized spacial score (nSPS) is 14.7. The summed E-state index contributed by atoms with van der Waals surface area (Å²) in [6.07, 6.45) is 3.18. The molecule has 26 heavy (non-hydrogen) atoms. The fourth-order valence-corrected chi connectivity index (χ4v) is 4.18. The molecule has 3 nitrogen and oxygen atoms in total. The molecule has 138 valence electrons. The van der Waals surface area contributed by atoms with Gasteiger partial charge in [0.2, 0.25) is 0 Å². The molecular weight excluding hydrogens is 322 g/mol. The SMILES string of the molecule is Cc1c(CCC=O)c2c(c(C)c1N(C)Cc1ccccc1)CC(C)(C)O2. The van der Waals surface area contributed by atoms with Gasteiger partial charge in [0, 0.05) is 37.7 Å². The summed E-state index contributed by atoms with van der Waals surface area (Å²) in [5, 5.41) is 0. The van der Waals surface area contributed by atoms with Crippen LogP contribution >= 0.6 is 0 Å². The molecule has 0 radical (unpaired) electrons. The second kappa shape index (κ2) is 7.14. The van der Waals surface area contributed by atoms with Gasteiger partial charge in [0.15, 0.2) is 0 Å². The number of hydrogen-bond acceptors (Lipinski definition) is 3. The van der Waals surface area contributed by atoms with Gasteiger partial charge in [-0.05, 0) is 56.4 Å². The van der Waals surface area contributed by atoms with Gasteiger partial charge < -0.3 is 14.4 Å². The van der Waals surface area contributed by atoms with Gasteiger partial charge in [0.1, 0.15) is 17.6 Å². The lowest BCUT2D eigenvalue weighted by atomic mass is 9.90. The van der Waals surface area contributed by atoms with Gasteiger partial charge in [-0.3, -0.25) is 0 Å². The minimum Gasteiger partial charge on any atom is -0.487 e. The molecule has 0 fully saturated rings. The molecule has 1 aliphatic rings. The largest absolute Gasteiger partial charge is 0.487 e. The molecule has 0 aromatic heterocycles. The number of hydrogen-bond donors (Lipinski definition) is 0. The molecule has 0 unspecified atom stereocenters. The van der Waals surface area contributed by atoms with Crippen LogP contribution in [-0.4, -0.2) is 18.9 Å². The van der Waals surface area contributed by atoms with Crippen molar-refractivity contribution in [1.29, 1.82) is 0 Å². The van der Waals surface area contributed by atoms with Crippen molar-refractivity contribution in [3.63, 3.8) is 0 Å². The molecular formula is C23H29NO2. The summed E-state index contributed by atoms with van der Waals surface area (Å²) in [7, 11) is 2.15. The third kappa shape index (κ3) is 3.48. The van der Waals surface area contributed by atoms with Crippen LogP contribution in [0.5, 0.6) is 5.75 Å². The van der Waals surface area contributed by atoms with E-state index in [-0.39, 0.29) is 5.60 Å². The molecule has 3 heteroatoms. The summed E-state index contributed by atoms with van der Waals surface area (Å²) in [4.78, 5) is 13.3. The van der Waals surface area contributed by atoms with E-state index in [2.05, 4.69) is 63.9 Å². The summed E-state index contributed by atoms with van der Waals surface area (Å²) in [6, 6.07) is 10.5. The van der Waals surface area contributed by atoms with Crippen LogP contribution in [0.15, 0.2) is 30.3 Å². The van der Waals surface area contributed by atoms with Gasteiger partial charge in [-0.1, -0.05) is 30.3 Å². The van der Waals surface area contributed by atoms with Gasteiger partial charge >= 0.3 is 0 Å². The molecule has 0 saturated carbocycles. The summed E-state index contributed by atoms with van der Waals surface area (Å²) in [6.45, 7) is 9.51. The van der Waals surface area contributed by atoms with Crippen molar-refractivity contribution in [3.05, 3.63) is 58.1 Å². The summed E-state index contributed by atoms with van der Waals surface area (Å²) >= 11 is 0. The molecule has 0 spiro atoms. The van der Waals surface area contributed by atoms with Gasteiger partial charge in [-0.2, -0.15) is 0 Å². The first-order chi connectivity index (χ1) is 12.3. The van der Waals surface area contributed by atoms with Gasteiger partial charge in [0.05, 0.1) is 0 Å². The maximum absolute atomic E-state index is 11.0. The van der Waals surface area contributed by atoms with Crippen LogP contribution in [0.25, 0.3) is 0 Å². The molecule has 0 aliphatic carbocycles. The van der Waals surface area contributed by atoms with Crippen molar-refractivity contribution in [3.8, 4) is 5.75 Å². The van der Waals surface area contributed by atoms with Crippen LogP contribution in [-0.2, 0) is 24.2 Å². The van der Waals surface area contributed by atoms with Crippen molar-refractivity contribution in [2.45, 2.75) is 59.1 Å². The van der Waals surface area contributed by atoms with E-state index in [9.17, 15) is 4.79 Å². The van der Waals surface area contributed by atoms with E-state index < -0.39 is 0 Å². The first-order valence-electron chi connectivity index (χ1n) is 9.36. The van der Waals surface area contributed by atoms with Gasteiger partial charge in [-0.15, -0.1) is 0 Å². The zero-order chi connectivity index (χ0) is 18.9. The maximum atomic E-state index is 11.0. The van der Waals surface area contributed by atoms with E-state index in [0.717, 1.165) is 31.4 Å². The Hall–Kier alpha value is -2.29. The Balaban J connectivity index is 2.06. The Bertz CT molecular complexity index is 809. The summed E-state index contributed by atoms with van der Waals surface area (Å²) in [5.41, 5.74) is 7.41. The number of benzene rings is 2. The zero-order valence-electron chi connectivity index (χ0n) is 16.6. The number of fused-ring (bicyclic) bond motifs is 1. The average molecular weight is 351 g/mol. The molecule has 0 amide bonds. The zero-order valence-corrected chi connectivity index (χ0v) is 16.6. The van der Waals surface area contributed by atoms with Crippen molar-refractivity contribution < 1.29 is 9.53 Å². The average Bonchev–Trinajstić information content (AvgIpc) is 2.91. The lowest BCUT2D eigenvalue weighted by Gasteiger charge is -2.27. The topological polar surface area (TPSA) is 29.5 Å². The number of carbonyl (C=O) groups is 1. The third-order valence-electron chi connectivity index (χ3n) is 5.30. The van der Waals surface area contributed by atoms with Crippen LogP contribution in [0, 0.1) is 13.8 Å². The number of aldehydes is 1. The second-order valence-electron chi connectivity index (χ2n) is 7.97. The molecule has 0 saturated heterocycles. The number of nitrogens with zero attached hydrogens (tertiary/aromatic N) is 1. The smallest absolute Gasteiger partial charge is 0.127 e. The molecule has 0 N–H and O–H groups in total. The first kappa shape index (κ1) is 18.5. The van der Waals surface area contributed by atoms with E-state index in [1.807, 2.05) is 6.07 Å². The van der Waals surface area contributed by atoms with E-state index in [1.54, 1.807) is 0 Å². The van der Waals surface area contributed by atoms with E-state index >= 15 is 0 Å². The van der Waals surface area contributed by atoms with Crippen LogP contribution < -0.4 is 9.64 Å². The molecule has 2 aromatic carbocycles. The van der Waals surface area contributed by atoms with Crippen LogP contribution in [0.2, 0.25) is 0 Å². The van der Waals surface area contributed by atoms with Crippen LogP contribution in [0.1, 0.15) is 48.1 Å². The fourth-order valence-electron chi connectivity index (χ4n) is 4.18. The Labute approximate surface area is 157 Å². The lowest BCUT2D eigenvalue weighted by molar-refractivity contribution is -0.107. The van der Waals surface area contributed by atoms with Crippen LogP contribution in [0.3, 0.4) is 0 Å². The number of anilines is 1. The highest BCUT2D eigenvalue weighted by molar-refractivity contribution is 5.70. The van der Waals surface area contributed by atoms with Gasteiger partial charge in [0.25, 0.3) is 0 Å². The highest BCUT2D eigenvalue weighted by Gasteiger charge is 2.35. The number of ether oxygens (including phenoxy) is 1. The van der Waals surface area contributed by atoms with Crippen molar-refractivity contribution in [2.75, 3.05) is 11.9 Å². The second-order valence-corrected chi connectivity index (χ2v) is 7.97. The summed E-state index contributed by atoms with van der Waals surface area (Å²) in [5.74, 6) is 1.02. The summed E-state index contributed by atoms with van der Waals surface area (Å²) < 4.78 is 6.30. The molecule has 1 aliphatic heterocycles. The Morgan fingerprint density at radius 3 is 2.50 bits per heavy atom. The Morgan fingerprint density at radius 2 is 1.85 bits per heavy atom. The van der Waals surface area contributed by atoms with E-state index in [4.69, 9.17) is 4.74 Å². The van der Waals surface area contributed by atoms with E-state index in [1.165, 1.54) is 33.5 Å². The lowest BCUT2D eigenvalue weighted by Crippen LogP contribution is -2.25. The third-order valence-corrected chi connectivity index (χ3v) is 5.30. The predicted octanol–water partition coefficient (Wildman–Crippen LogP) is 4.78. The van der Waals surface area contributed by atoms with Crippen molar-refractivity contribution in [2.24, 2.45) is 0 Å². The monoisotopic (exact) mass is 351 g/mol. The van der Waals surface area contributed by atoms with Gasteiger partial charge in [-0.25, -0.2) is 0 Å². The minimum atomic E-state index is -0.188.